The highest BCUT2D eigenvalue weighted by atomic mass is 16.3. The van der Waals surface area contributed by atoms with Crippen LogP contribution in [-0.4, -0.2) is 21.5 Å². The zero-order chi connectivity index (χ0) is 11.4. The molecular formula is C12H21N3O. The van der Waals surface area contributed by atoms with E-state index in [2.05, 4.69) is 5.10 Å². The van der Waals surface area contributed by atoms with Gasteiger partial charge in [-0.1, -0.05) is 25.7 Å². The molecule has 0 amide bonds. The third-order valence-corrected chi connectivity index (χ3v) is 3.46. The van der Waals surface area contributed by atoms with Gasteiger partial charge in [0.2, 0.25) is 0 Å². The van der Waals surface area contributed by atoms with E-state index in [0.717, 1.165) is 18.0 Å². The van der Waals surface area contributed by atoms with Crippen LogP contribution in [0.3, 0.4) is 0 Å². The second-order valence-corrected chi connectivity index (χ2v) is 4.70. The number of aliphatic hydroxyl groups excluding tert-OH is 1. The zero-order valence-corrected chi connectivity index (χ0v) is 9.73. The van der Waals surface area contributed by atoms with Crippen LogP contribution in [0.15, 0.2) is 6.07 Å². The first kappa shape index (κ1) is 11.5. The SMILES string of the molecule is Nc1cc(CCC2CCCC2)nn1CCO. The first-order valence-electron chi connectivity index (χ1n) is 6.22. The molecule has 0 atom stereocenters. The fraction of sp³-hybridized carbons (Fsp3) is 0.750. The first-order valence-corrected chi connectivity index (χ1v) is 6.22. The lowest BCUT2D eigenvalue weighted by atomic mass is 10.0. The molecule has 1 saturated carbocycles. The van der Waals surface area contributed by atoms with Gasteiger partial charge < -0.3 is 10.8 Å². The van der Waals surface area contributed by atoms with Gasteiger partial charge in [-0.3, -0.25) is 0 Å². The Morgan fingerprint density at radius 3 is 2.88 bits per heavy atom. The van der Waals surface area contributed by atoms with Crippen LogP contribution in [0.25, 0.3) is 0 Å². The maximum Gasteiger partial charge on any atom is 0.122 e. The van der Waals surface area contributed by atoms with Gasteiger partial charge in [0.15, 0.2) is 0 Å². The summed E-state index contributed by atoms with van der Waals surface area (Å²) in [7, 11) is 0. The minimum Gasteiger partial charge on any atom is -0.394 e. The van der Waals surface area contributed by atoms with Crippen molar-refractivity contribution in [3.05, 3.63) is 11.8 Å². The molecule has 2 rings (SSSR count). The molecule has 0 radical (unpaired) electrons. The summed E-state index contributed by atoms with van der Waals surface area (Å²) >= 11 is 0. The van der Waals surface area contributed by atoms with E-state index in [9.17, 15) is 0 Å². The average Bonchev–Trinajstić information content (AvgIpc) is 2.87. The molecule has 1 aliphatic carbocycles. The summed E-state index contributed by atoms with van der Waals surface area (Å²) in [6, 6.07) is 1.94. The lowest BCUT2D eigenvalue weighted by molar-refractivity contribution is 0.270. The molecule has 90 valence electrons. The predicted molar refractivity (Wildman–Crippen MR) is 64.0 cm³/mol. The smallest absolute Gasteiger partial charge is 0.122 e. The van der Waals surface area contributed by atoms with Crippen molar-refractivity contribution in [2.45, 2.75) is 45.1 Å². The Morgan fingerprint density at radius 2 is 2.19 bits per heavy atom. The fourth-order valence-corrected chi connectivity index (χ4v) is 2.53. The zero-order valence-electron chi connectivity index (χ0n) is 9.73. The Hall–Kier alpha value is -1.03. The van der Waals surface area contributed by atoms with Gasteiger partial charge in [0.25, 0.3) is 0 Å². The van der Waals surface area contributed by atoms with Gasteiger partial charge in [0, 0.05) is 6.07 Å². The third-order valence-electron chi connectivity index (χ3n) is 3.46. The van der Waals surface area contributed by atoms with E-state index < -0.39 is 0 Å². The van der Waals surface area contributed by atoms with Crippen molar-refractivity contribution in [3.63, 3.8) is 0 Å². The van der Waals surface area contributed by atoms with E-state index in [1.165, 1.54) is 32.1 Å². The Labute approximate surface area is 96.5 Å². The summed E-state index contributed by atoms with van der Waals surface area (Å²) < 4.78 is 1.68. The van der Waals surface area contributed by atoms with Crippen molar-refractivity contribution in [1.29, 1.82) is 0 Å². The highest BCUT2D eigenvalue weighted by molar-refractivity contribution is 5.30. The second kappa shape index (κ2) is 5.34. The number of nitrogens with two attached hydrogens (primary N) is 1. The average molecular weight is 223 g/mol. The van der Waals surface area contributed by atoms with Crippen LogP contribution in [-0.2, 0) is 13.0 Å². The van der Waals surface area contributed by atoms with Crippen molar-refractivity contribution in [2.24, 2.45) is 5.92 Å². The van der Waals surface area contributed by atoms with Crippen LogP contribution in [0.2, 0.25) is 0 Å². The molecule has 1 fully saturated rings. The summed E-state index contributed by atoms with van der Waals surface area (Å²) in [5.74, 6) is 1.56. The fourth-order valence-electron chi connectivity index (χ4n) is 2.53. The van der Waals surface area contributed by atoms with E-state index in [1.54, 1.807) is 4.68 Å². The maximum atomic E-state index is 8.84. The van der Waals surface area contributed by atoms with Crippen molar-refractivity contribution >= 4 is 5.82 Å². The van der Waals surface area contributed by atoms with E-state index in [4.69, 9.17) is 10.8 Å². The van der Waals surface area contributed by atoms with Crippen molar-refractivity contribution in [1.82, 2.24) is 9.78 Å². The number of aryl methyl sites for hydroxylation is 1. The highest BCUT2D eigenvalue weighted by Gasteiger charge is 2.15. The van der Waals surface area contributed by atoms with Crippen LogP contribution in [0.4, 0.5) is 5.82 Å². The summed E-state index contributed by atoms with van der Waals surface area (Å²) in [4.78, 5) is 0. The largest absolute Gasteiger partial charge is 0.394 e. The molecular weight excluding hydrogens is 202 g/mol. The molecule has 3 N–H and O–H groups in total. The van der Waals surface area contributed by atoms with Gasteiger partial charge in [0.1, 0.15) is 5.82 Å². The number of aromatic nitrogens is 2. The van der Waals surface area contributed by atoms with Gasteiger partial charge in [0.05, 0.1) is 18.8 Å². The van der Waals surface area contributed by atoms with E-state index in [0.29, 0.717) is 12.4 Å². The molecule has 0 aromatic carbocycles. The summed E-state index contributed by atoms with van der Waals surface area (Å²) in [5.41, 5.74) is 6.87. The maximum absolute atomic E-state index is 8.84. The minimum atomic E-state index is 0.0912. The number of nitrogens with zero attached hydrogens (tertiary/aromatic N) is 2. The second-order valence-electron chi connectivity index (χ2n) is 4.70. The molecule has 1 aliphatic rings. The van der Waals surface area contributed by atoms with Crippen LogP contribution < -0.4 is 5.73 Å². The molecule has 0 bridgehead atoms. The number of anilines is 1. The number of nitrogen functional groups attached to an aromatic ring is 1. The molecule has 0 saturated heterocycles. The van der Waals surface area contributed by atoms with Gasteiger partial charge in [-0.05, 0) is 18.8 Å². The Balaban J connectivity index is 1.86. The molecule has 1 heterocycles. The monoisotopic (exact) mass is 223 g/mol. The predicted octanol–water partition coefficient (Wildman–Crippen LogP) is 1.58. The quantitative estimate of drug-likeness (QED) is 0.796. The number of hydrogen-bond acceptors (Lipinski definition) is 3. The number of rotatable bonds is 5. The molecule has 4 heteroatoms. The molecule has 0 aliphatic heterocycles. The number of aliphatic hydroxyl groups is 1. The Kier molecular flexibility index (Phi) is 3.83. The van der Waals surface area contributed by atoms with Crippen molar-refractivity contribution in [2.75, 3.05) is 12.3 Å². The normalized spacial score (nSPS) is 17.1. The molecule has 1 aromatic heterocycles. The number of hydrogen-bond donors (Lipinski definition) is 2. The van der Waals surface area contributed by atoms with Gasteiger partial charge in [-0.15, -0.1) is 0 Å². The van der Waals surface area contributed by atoms with Crippen LogP contribution in [0, 0.1) is 5.92 Å². The molecule has 0 spiro atoms. The van der Waals surface area contributed by atoms with Crippen LogP contribution in [0.1, 0.15) is 37.8 Å². The first-order chi connectivity index (χ1) is 7.79. The van der Waals surface area contributed by atoms with Gasteiger partial charge in [-0.2, -0.15) is 5.10 Å². The lowest BCUT2D eigenvalue weighted by Gasteiger charge is -2.06. The van der Waals surface area contributed by atoms with E-state index in [1.807, 2.05) is 6.07 Å². The van der Waals surface area contributed by atoms with E-state index in [-0.39, 0.29) is 6.61 Å². The molecule has 16 heavy (non-hydrogen) atoms. The summed E-state index contributed by atoms with van der Waals surface area (Å²) in [5, 5.41) is 13.2. The van der Waals surface area contributed by atoms with Gasteiger partial charge >= 0.3 is 0 Å². The molecule has 0 unspecified atom stereocenters. The topological polar surface area (TPSA) is 64.1 Å². The van der Waals surface area contributed by atoms with Crippen LogP contribution >= 0.6 is 0 Å². The highest BCUT2D eigenvalue weighted by Crippen LogP contribution is 2.28. The standard InChI is InChI=1S/C12H21N3O/c13-12-9-11(14-15(12)7-8-16)6-5-10-3-1-2-4-10/h9-10,16H,1-8,13H2. The summed E-state index contributed by atoms with van der Waals surface area (Å²) in [6.45, 7) is 0.587. The lowest BCUT2D eigenvalue weighted by Crippen LogP contribution is -2.07. The minimum absolute atomic E-state index is 0.0912. The summed E-state index contributed by atoms with van der Waals surface area (Å²) in [6.07, 6.45) is 7.81. The van der Waals surface area contributed by atoms with E-state index >= 15 is 0 Å². The van der Waals surface area contributed by atoms with Crippen molar-refractivity contribution < 1.29 is 5.11 Å². The Morgan fingerprint density at radius 1 is 1.44 bits per heavy atom. The Bertz CT molecular complexity index is 329. The molecule has 1 aromatic rings. The van der Waals surface area contributed by atoms with Crippen molar-refractivity contribution in [3.8, 4) is 0 Å². The van der Waals surface area contributed by atoms with Crippen LogP contribution in [0.5, 0.6) is 0 Å². The molecule has 4 nitrogen and oxygen atoms in total. The van der Waals surface area contributed by atoms with Gasteiger partial charge in [-0.25, -0.2) is 4.68 Å². The third kappa shape index (κ3) is 2.76.